The van der Waals surface area contributed by atoms with Gasteiger partial charge in [-0.05, 0) is 43.7 Å². The van der Waals surface area contributed by atoms with E-state index in [9.17, 15) is 4.79 Å². The summed E-state index contributed by atoms with van der Waals surface area (Å²) < 4.78 is 0. The van der Waals surface area contributed by atoms with Crippen molar-refractivity contribution in [2.75, 3.05) is 13.1 Å². The van der Waals surface area contributed by atoms with Gasteiger partial charge in [-0.2, -0.15) is 0 Å². The Kier molecular flexibility index (Phi) is 5.21. The molecule has 19 heavy (non-hydrogen) atoms. The lowest BCUT2D eigenvalue weighted by Crippen LogP contribution is -2.41. The van der Waals surface area contributed by atoms with Crippen molar-refractivity contribution in [3.05, 3.63) is 35.9 Å². The molecule has 4 heteroatoms. The van der Waals surface area contributed by atoms with Crippen molar-refractivity contribution in [3.8, 4) is 0 Å². The summed E-state index contributed by atoms with van der Waals surface area (Å²) in [5.41, 5.74) is 6.49. The first-order valence-corrected chi connectivity index (χ1v) is 7.04. The van der Waals surface area contributed by atoms with Crippen molar-refractivity contribution < 1.29 is 4.79 Å². The van der Waals surface area contributed by atoms with Gasteiger partial charge in [0.1, 0.15) is 0 Å². The van der Waals surface area contributed by atoms with Gasteiger partial charge in [0, 0.05) is 12.6 Å². The van der Waals surface area contributed by atoms with Crippen LogP contribution in [0.5, 0.6) is 0 Å². The molecule has 1 aromatic carbocycles. The van der Waals surface area contributed by atoms with Gasteiger partial charge in [0.05, 0.1) is 0 Å². The van der Waals surface area contributed by atoms with E-state index in [4.69, 9.17) is 5.73 Å². The number of primary amides is 1. The minimum Gasteiger partial charge on any atom is -0.352 e. The number of rotatable bonds is 5. The van der Waals surface area contributed by atoms with E-state index in [1.807, 2.05) is 0 Å². The number of nitrogens with one attached hydrogen (secondary N) is 2. The standard InChI is InChI=1S/C15H23N3O/c16-15(19)18-9-7-14-11-13(6-8-17-14)10-12-4-2-1-3-5-12/h1-5,13-14,17H,6-11H2,(H3,16,18,19). The SMILES string of the molecule is NC(=O)NCCC1CC(Cc2ccccc2)CCN1. The molecule has 1 aliphatic rings. The van der Waals surface area contributed by atoms with Crippen molar-refractivity contribution in [1.29, 1.82) is 0 Å². The number of hydrogen-bond acceptors (Lipinski definition) is 2. The number of urea groups is 1. The fourth-order valence-corrected chi connectivity index (χ4v) is 2.82. The second-order valence-electron chi connectivity index (χ2n) is 5.31. The monoisotopic (exact) mass is 261 g/mol. The van der Waals surface area contributed by atoms with Crippen LogP contribution in [-0.2, 0) is 6.42 Å². The number of carbonyl (C=O) groups is 1. The minimum atomic E-state index is -0.434. The molecule has 4 nitrogen and oxygen atoms in total. The molecule has 1 saturated heterocycles. The van der Waals surface area contributed by atoms with Crippen molar-refractivity contribution in [1.82, 2.24) is 10.6 Å². The van der Waals surface area contributed by atoms with Gasteiger partial charge in [-0.1, -0.05) is 30.3 Å². The molecular formula is C15H23N3O. The van der Waals surface area contributed by atoms with Gasteiger partial charge < -0.3 is 16.4 Å². The van der Waals surface area contributed by atoms with Gasteiger partial charge >= 0.3 is 6.03 Å². The molecule has 0 radical (unpaired) electrons. The fraction of sp³-hybridized carbons (Fsp3) is 0.533. The summed E-state index contributed by atoms with van der Waals surface area (Å²) in [6.07, 6.45) is 4.51. The Labute approximate surface area is 114 Å². The number of nitrogens with two attached hydrogens (primary N) is 1. The lowest BCUT2D eigenvalue weighted by molar-refractivity contribution is 0.246. The number of amides is 2. The lowest BCUT2D eigenvalue weighted by atomic mass is 9.86. The highest BCUT2D eigenvalue weighted by Crippen LogP contribution is 2.22. The lowest BCUT2D eigenvalue weighted by Gasteiger charge is -2.30. The summed E-state index contributed by atoms with van der Waals surface area (Å²) in [4.78, 5) is 10.6. The van der Waals surface area contributed by atoms with Crippen LogP contribution in [-0.4, -0.2) is 25.2 Å². The first-order chi connectivity index (χ1) is 9.24. The summed E-state index contributed by atoms with van der Waals surface area (Å²) >= 11 is 0. The molecule has 1 fully saturated rings. The van der Waals surface area contributed by atoms with Crippen LogP contribution in [0.25, 0.3) is 0 Å². The third-order valence-electron chi connectivity index (χ3n) is 3.76. The topological polar surface area (TPSA) is 67.2 Å². The van der Waals surface area contributed by atoms with E-state index in [1.165, 1.54) is 18.4 Å². The van der Waals surface area contributed by atoms with Crippen molar-refractivity contribution in [2.24, 2.45) is 11.7 Å². The molecule has 0 bridgehead atoms. The zero-order valence-corrected chi connectivity index (χ0v) is 11.3. The Hall–Kier alpha value is -1.55. The second-order valence-corrected chi connectivity index (χ2v) is 5.31. The van der Waals surface area contributed by atoms with Crippen LogP contribution in [0.2, 0.25) is 0 Å². The van der Waals surface area contributed by atoms with Crippen molar-refractivity contribution >= 4 is 6.03 Å². The Morgan fingerprint density at radius 2 is 2.16 bits per heavy atom. The molecule has 1 heterocycles. The van der Waals surface area contributed by atoms with Gasteiger partial charge in [0.15, 0.2) is 0 Å². The Morgan fingerprint density at radius 3 is 2.89 bits per heavy atom. The van der Waals surface area contributed by atoms with E-state index in [1.54, 1.807) is 0 Å². The van der Waals surface area contributed by atoms with Crippen LogP contribution in [0.15, 0.2) is 30.3 Å². The van der Waals surface area contributed by atoms with Crippen molar-refractivity contribution in [2.45, 2.75) is 31.7 Å². The van der Waals surface area contributed by atoms with E-state index in [-0.39, 0.29) is 0 Å². The van der Waals surface area contributed by atoms with Crippen molar-refractivity contribution in [3.63, 3.8) is 0 Å². The van der Waals surface area contributed by atoms with E-state index >= 15 is 0 Å². The van der Waals surface area contributed by atoms with Gasteiger partial charge in [0.25, 0.3) is 0 Å². The zero-order valence-electron chi connectivity index (χ0n) is 11.3. The molecule has 0 saturated carbocycles. The molecule has 1 aromatic rings. The maximum Gasteiger partial charge on any atom is 0.312 e. The molecular weight excluding hydrogens is 238 g/mol. The summed E-state index contributed by atoms with van der Waals surface area (Å²) in [5, 5.41) is 6.17. The van der Waals surface area contributed by atoms with Gasteiger partial charge in [0.2, 0.25) is 0 Å². The number of carbonyl (C=O) groups excluding carboxylic acids is 1. The Bertz CT molecular complexity index is 394. The van der Waals surface area contributed by atoms with Gasteiger partial charge in [-0.3, -0.25) is 0 Å². The predicted octanol–water partition coefficient (Wildman–Crippen LogP) is 1.66. The Morgan fingerprint density at radius 1 is 1.37 bits per heavy atom. The van der Waals surface area contributed by atoms with Gasteiger partial charge in [-0.15, -0.1) is 0 Å². The van der Waals surface area contributed by atoms with Crippen LogP contribution >= 0.6 is 0 Å². The number of hydrogen-bond donors (Lipinski definition) is 3. The molecule has 2 rings (SSSR count). The second kappa shape index (κ2) is 7.14. The maximum absolute atomic E-state index is 10.6. The summed E-state index contributed by atoms with van der Waals surface area (Å²) in [5.74, 6) is 0.738. The maximum atomic E-state index is 10.6. The summed E-state index contributed by atoms with van der Waals surface area (Å²) in [6.45, 7) is 1.73. The van der Waals surface area contributed by atoms with Crippen LogP contribution in [0.3, 0.4) is 0 Å². The largest absolute Gasteiger partial charge is 0.352 e. The van der Waals surface area contributed by atoms with Crippen LogP contribution in [0.1, 0.15) is 24.8 Å². The molecule has 2 atom stereocenters. The minimum absolute atomic E-state index is 0.434. The normalized spacial score (nSPS) is 22.9. The summed E-state index contributed by atoms with van der Waals surface area (Å²) in [6, 6.07) is 10.7. The van der Waals surface area contributed by atoms with E-state index in [0.717, 1.165) is 25.3 Å². The van der Waals surface area contributed by atoms with E-state index in [2.05, 4.69) is 41.0 Å². The molecule has 4 N–H and O–H groups in total. The average Bonchev–Trinajstić information content (AvgIpc) is 2.40. The van der Waals surface area contributed by atoms with E-state index < -0.39 is 6.03 Å². The third-order valence-corrected chi connectivity index (χ3v) is 3.76. The highest BCUT2D eigenvalue weighted by atomic mass is 16.2. The van der Waals surface area contributed by atoms with Crippen LogP contribution in [0.4, 0.5) is 4.79 Å². The highest BCUT2D eigenvalue weighted by molar-refractivity contribution is 5.71. The average molecular weight is 261 g/mol. The molecule has 0 spiro atoms. The van der Waals surface area contributed by atoms with Crippen LogP contribution in [0, 0.1) is 5.92 Å². The molecule has 104 valence electrons. The molecule has 2 unspecified atom stereocenters. The first kappa shape index (κ1) is 13.9. The van der Waals surface area contributed by atoms with E-state index in [0.29, 0.717) is 12.6 Å². The zero-order chi connectivity index (χ0) is 13.5. The predicted molar refractivity (Wildman–Crippen MR) is 76.9 cm³/mol. The quantitative estimate of drug-likeness (QED) is 0.754. The molecule has 0 aliphatic carbocycles. The Balaban J connectivity index is 1.75. The fourth-order valence-electron chi connectivity index (χ4n) is 2.82. The first-order valence-electron chi connectivity index (χ1n) is 7.04. The smallest absolute Gasteiger partial charge is 0.312 e. The van der Waals surface area contributed by atoms with Gasteiger partial charge in [-0.25, -0.2) is 4.79 Å². The third kappa shape index (κ3) is 4.91. The van der Waals surface area contributed by atoms with Crippen LogP contribution < -0.4 is 16.4 Å². The highest BCUT2D eigenvalue weighted by Gasteiger charge is 2.21. The summed E-state index contributed by atoms with van der Waals surface area (Å²) in [7, 11) is 0. The molecule has 1 aliphatic heterocycles. The number of benzene rings is 1. The molecule has 2 amide bonds. The molecule has 0 aromatic heterocycles. The number of piperidine rings is 1.